The topological polar surface area (TPSA) is 129 Å². The summed E-state index contributed by atoms with van der Waals surface area (Å²) in [4.78, 5) is 52.9. The van der Waals surface area contributed by atoms with Crippen LogP contribution in [0.5, 0.6) is 0 Å². The molecule has 9 heteroatoms. The number of hydrogen-bond acceptors (Lipinski definition) is 7. The molecule has 0 bridgehead atoms. The molecule has 1 aromatic heterocycles. The van der Waals surface area contributed by atoms with Crippen molar-refractivity contribution in [2.75, 3.05) is 6.54 Å². The molecule has 3 rings (SSSR count). The van der Waals surface area contributed by atoms with Gasteiger partial charge < -0.3 is 19.3 Å². The summed E-state index contributed by atoms with van der Waals surface area (Å²) in [6, 6.07) is 7.02. The quantitative estimate of drug-likeness (QED) is 0.235. The molecular weight excluding hydrogens is 404 g/mol. The number of hydrogen-bond donors (Lipinski definition) is 1. The summed E-state index contributed by atoms with van der Waals surface area (Å²) in [5.41, 5.74) is -0.708. The van der Waals surface area contributed by atoms with Gasteiger partial charge in [0.25, 0.3) is 0 Å². The van der Waals surface area contributed by atoms with Crippen LogP contribution in [0.4, 0.5) is 0 Å². The second-order valence-corrected chi connectivity index (χ2v) is 8.40. The Morgan fingerprint density at radius 3 is 2.29 bits per heavy atom. The van der Waals surface area contributed by atoms with Gasteiger partial charge in [-0.3, -0.25) is 19.7 Å². The molecule has 1 N–H and O–H groups in total. The second kappa shape index (κ2) is 8.49. The lowest BCUT2D eigenvalue weighted by molar-refractivity contribution is -0.484. The first-order valence-electron chi connectivity index (χ1n) is 10.2. The number of nitrogens with zero attached hydrogens (tertiary/aromatic N) is 1. The number of H-pyrrole nitrogens is 1. The highest BCUT2D eigenvalue weighted by Crippen LogP contribution is 2.50. The Bertz CT molecular complexity index is 1000. The van der Waals surface area contributed by atoms with E-state index >= 15 is 0 Å². The molecule has 2 atom stereocenters. The van der Waals surface area contributed by atoms with Crippen molar-refractivity contribution in [3.8, 4) is 0 Å². The number of carbonyl (C=O) groups excluding carboxylic acids is 3. The number of aromatic amines is 1. The van der Waals surface area contributed by atoms with E-state index in [2.05, 4.69) is 4.98 Å². The van der Waals surface area contributed by atoms with E-state index in [-0.39, 0.29) is 12.1 Å². The lowest BCUT2D eigenvalue weighted by Crippen LogP contribution is -2.53. The molecule has 0 fully saturated rings. The van der Waals surface area contributed by atoms with Crippen molar-refractivity contribution < 1.29 is 28.8 Å². The first kappa shape index (κ1) is 22.5. The number of nitro groups is 1. The number of rotatable bonds is 7. The Balaban J connectivity index is 2.35. The molecule has 0 saturated carbocycles. The Kier molecular flexibility index (Phi) is 6.15. The minimum Gasteiger partial charge on any atom is -0.462 e. The van der Waals surface area contributed by atoms with E-state index in [4.69, 9.17) is 9.47 Å². The van der Waals surface area contributed by atoms with Gasteiger partial charge in [-0.05, 0) is 45.7 Å². The van der Waals surface area contributed by atoms with Crippen molar-refractivity contribution in [3.05, 3.63) is 45.6 Å². The maximum Gasteiger partial charge on any atom is 0.329 e. The summed E-state index contributed by atoms with van der Waals surface area (Å²) >= 11 is 0. The van der Waals surface area contributed by atoms with Gasteiger partial charge in [-0.1, -0.05) is 18.2 Å². The molecule has 1 aromatic carbocycles. The highest BCUT2D eigenvalue weighted by molar-refractivity contribution is 6.08. The Morgan fingerprint density at radius 1 is 1.19 bits per heavy atom. The van der Waals surface area contributed by atoms with Gasteiger partial charge in [0.1, 0.15) is 6.29 Å². The SMILES string of the molecule is CC(C)OC(=O)C1(C(=O)OC(C)C)C[C@@H](C=O)[C@@H](C[N+](=O)[O-])c2c1[nH]c1ccccc21. The molecule has 0 aliphatic heterocycles. The van der Waals surface area contributed by atoms with Gasteiger partial charge in [0.05, 0.1) is 18.1 Å². The van der Waals surface area contributed by atoms with Gasteiger partial charge in [0, 0.05) is 27.4 Å². The second-order valence-electron chi connectivity index (χ2n) is 8.40. The molecule has 1 aliphatic rings. The van der Waals surface area contributed by atoms with E-state index in [1.165, 1.54) is 0 Å². The van der Waals surface area contributed by atoms with Crippen molar-refractivity contribution in [2.24, 2.45) is 5.92 Å². The molecule has 0 radical (unpaired) electrons. The number of fused-ring (bicyclic) bond motifs is 3. The van der Waals surface area contributed by atoms with Crippen molar-refractivity contribution in [1.29, 1.82) is 0 Å². The molecule has 1 aliphatic carbocycles. The molecule has 0 saturated heterocycles. The monoisotopic (exact) mass is 430 g/mol. The highest BCUT2D eigenvalue weighted by Gasteiger charge is 2.60. The normalized spacial score (nSPS) is 19.8. The van der Waals surface area contributed by atoms with Crippen LogP contribution in [0.1, 0.15) is 51.3 Å². The van der Waals surface area contributed by atoms with Crippen molar-refractivity contribution in [1.82, 2.24) is 4.98 Å². The summed E-state index contributed by atoms with van der Waals surface area (Å²) in [6.07, 6.45) is -0.726. The summed E-state index contributed by atoms with van der Waals surface area (Å²) < 4.78 is 10.9. The average molecular weight is 430 g/mol. The fourth-order valence-corrected chi connectivity index (χ4v) is 4.31. The van der Waals surface area contributed by atoms with Crippen LogP contribution in [0.2, 0.25) is 0 Å². The summed E-state index contributed by atoms with van der Waals surface area (Å²) in [7, 11) is 0. The van der Waals surface area contributed by atoms with Crippen LogP contribution in [-0.4, -0.2) is 46.9 Å². The van der Waals surface area contributed by atoms with Crippen LogP contribution in [-0.2, 0) is 29.3 Å². The molecular formula is C22H26N2O7. The number of para-hydroxylation sites is 1. The molecule has 0 amide bonds. The van der Waals surface area contributed by atoms with E-state index in [9.17, 15) is 24.5 Å². The number of carbonyl (C=O) groups is 3. The standard InChI is InChI=1S/C22H26N2O7/c1-12(2)30-20(26)22(21(27)31-13(3)4)9-14(11-25)16(10-24(28)29)18-15-7-5-6-8-17(15)23-19(18)22/h5-8,11-14,16,23H,9-10H2,1-4H3/t14-,16+/m0/s1. The first-order chi connectivity index (χ1) is 14.6. The minimum absolute atomic E-state index is 0.204. The number of ether oxygens (including phenoxy) is 2. The fourth-order valence-electron chi connectivity index (χ4n) is 4.31. The summed E-state index contributed by atoms with van der Waals surface area (Å²) in [5, 5.41) is 12.0. The predicted molar refractivity (Wildman–Crippen MR) is 111 cm³/mol. The number of aromatic nitrogens is 1. The molecule has 1 heterocycles. The maximum atomic E-state index is 13.4. The fraction of sp³-hybridized carbons (Fsp3) is 0.500. The van der Waals surface area contributed by atoms with Gasteiger partial charge in [-0.15, -0.1) is 0 Å². The van der Waals surface area contributed by atoms with Crippen molar-refractivity contribution in [3.63, 3.8) is 0 Å². The number of esters is 2. The predicted octanol–water partition coefficient (Wildman–Crippen LogP) is 2.89. The third kappa shape index (κ3) is 3.92. The minimum atomic E-state index is -1.93. The lowest BCUT2D eigenvalue weighted by Gasteiger charge is -2.39. The van der Waals surface area contributed by atoms with Gasteiger partial charge in [-0.25, -0.2) is 0 Å². The smallest absolute Gasteiger partial charge is 0.329 e. The van der Waals surface area contributed by atoms with Crippen molar-refractivity contribution >= 4 is 29.1 Å². The van der Waals surface area contributed by atoms with Gasteiger partial charge in [0.15, 0.2) is 0 Å². The van der Waals surface area contributed by atoms with Gasteiger partial charge in [0.2, 0.25) is 12.0 Å². The molecule has 0 spiro atoms. The third-order valence-corrected chi connectivity index (χ3v) is 5.51. The molecule has 166 valence electrons. The Morgan fingerprint density at radius 2 is 1.77 bits per heavy atom. The molecule has 9 nitrogen and oxygen atoms in total. The van der Waals surface area contributed by atoms with Crippen LogP contribution in [0.3, 0.4) is 0 Å². The number of aldehydes is 1. The van der Waals surface area contributed by atoms with E-state index < -0.39 is 52.9 Å². The van der Waals surface area contributed by atoms with Gasteiger partial charge in [-0.2, -0.15) is 0 Å². The third-order valence-electron chi connectivity index (χ3n) is 5.51. The summed E-state index contributed by atoms with van der Waals surface area (Å²) in [5.74, 6) is -3.43. The van der Waals surface area contributed by atoms with E-state index in [1.54, 1.807) is 52.0 Å². The Hall–Kier alpha value is -3.23. The number of benzene rings is 1. The summed E-state index contributed by atoms with van der Waals surface area (Å²) in [6.45, 7) is 6.11. The van der Waals surface area contributed by atoms with Gasteiger partial charge >= 0.3 is 11.9 Å². The zero-order valence-electron chi connectivity index (χ0n) is 17.9. The molecule has 31 heavy (non-hydrogen) atoms. The Labute approximate surface area is 179 Å². The van der Waals surface area contributed by atoms with E-state index in [0.717, 1.165) is 0 Å². The molecule has 0 unspecified atom stereocenters. The maximum absolute atomic E-state index is 13.4. The molecule has 2 aromatic rings. The average Bonchev–Trinajstić information content (AvgIpc) is 3.06. The lowest BCUT2D eigenvalue weighted by atomic mass is 9.64. The van der Waals surface area contributed by atoms with Crippen LogP contribution < -0.4 is 0 Å². The first-order valence-corrected chi connectivity index (χ1v) is 10.2. The zero-order valence-corrected chi connectivity index (χ0v) is 17.9. The van der Waals surface area contributed by atoms with Crippen LogP contribution >= 0.6 is 0 Å². The van der Waals surface area contributed by atoms with Crippen LogP contribution in [0.25, 0.3) is 10.9 Å². The van der Waals surface area contributed by atoms with Crippen LogP contribution in [0, 0.1) is 16.0 Å². The number of nitrogens with one attached hydrogen (secondary N) is 1. The van der Waals surface area contributed by atoms with Crippen LogP contribution in [0.15, 0.2) is 24.3 Å². The van der Waals surface area contributed by atoms with E-state index in [1.807, 2.05) is 0 Å². The zero-order chi connectivity index (χ0) is 22.9. The largest absolute Gasteiger partial charge is 0.462 e. The van der Waals surface area contributed by atoms with Crippen molar-refractivity contribution in [2.45, 2.75) is 57.7 Å². The van der Waals surface area contributed by atoms with E-state index in [0.29, 0.717) is 22.8 Å². The highest BCUT2D eigenvalue weighted by atomic mass is 16.6.